The molecular weight excluding hydrogens is 472 g/mol. The highest BCUT2D eigenvalue weighted by Gasteiger charge is 2.20. The van der Waals surface area contributed by atoms with Gasteiger partial charge in [0.15, 0.2) is 11.6 Å². The second-order valence-electron chi connectivity index (χ2n) is 7.68. The van der Waals surface area contributed by atoms with E-state index < -0.39 is 5.91 Å². The van der Waals surface area contributed by atoms with Crippen LogP contribution in [0.4, 0.5) is 17.2 Å². The van der Waals surface area contributed by atoms with Crippen LogP contribution in [0.5, 0.6) is 11.5 Å². The fraction of sp³-hybridized carbons (Fsp3) is 0.0385. The molecule has 2 heterocycles. The lowest BCUT2D eigenvalue weighted by molar-refractivity contribution is 0.102. The molecule has 37 heavy (non-hydrogen) atoms. The van der Waals surface area contributed by atoms with Crippen LogP contribution in [-0.4, -0.2) is 37.9 Å². The third kappa shape index (κ3) is 4.54. The van der Waals surface area contributed by atoms with E-state index in [1.807, 2.05) is 6.07 Å². The third-order valence-corrected chi connectivity index (χ3v) is 5.41. The van der Waals surface area contributed by atoms with Crippen LogP contribution in [0.15, 0.2) is 89.5 Å². The SMILES string of the molecule is COc1cccc(NC(=O)c2c(O)c(N=Nc3c(C#N)cnn3-c3ncccn3)cc3ccccc23)c1. The number of aromatic hydroxyl groups is 1. The highest BCUT2D eigenvalue weighted by atomic mass is 16.5. The van der Waals surface area contributed by atoms with Crippen molar-refractivity contribution in [3.05, 3.63) is 90.4 Å². The van der Waals surface area contributed by atoms with E-state index in [4.69, 9.17) is 4.74 Å². The number of phenols is 1. The summed E-state index contributed by atoms with van der Waals surface area (Å²) in [6.07, 6.45) is 4.37. The number of phenolic OH excluding ortho intramolecular Hbond substituents is 1. The molecule has 2 aromatic heterocycles. The third-order valence-electron chi connectivity index (χ3n) is 5.41. The minimum Gasteiger partial charge on any atom is -0.505 e. The molecule has 180 valence electrons. The smallest absolute Gasteiger partial charge is 0.260 e. The summed E-state index contributed by atoms with van der Waals surface area (Å²) in [5, 5.41) is 37.1. The van der Waals surface area contributed by atoms with Gasteiger partial charge in [-0.3, -0.25) is 4.79 Å². The van der Waals surface area contributed by atoms with Crippen LogP contribution in [0.2, 0.25) is 0 Å². The molecule has 11 nitrogen and oxygen atoms in total. The van der Waals surface area contributed by atoms with Crippen LogP contribution >= 0.6 is 0 Å². The van der Waals surface area contributed by atoms with Gasteiger partial charge in [-0.2, -0.15) is 15.0 Å². The number of hydrogen-bond donors (Lipinski definition) is 2. The monoisotopic (exact) mass is 490 g/mol. The van der Waals surface area contributed by atoms with Crippen LogP contribution < -0.4 is 10.1 Å². The first kappa shape index (κ1) is 23.1. The van der Waals surface area contributed by atoms with E-state index in [1.54, 1.807) is 60.7 Å². The van der Waals surface area contributed by atoms with Gasteiger partial charge in [-0.25, -0.2) is 9.97 Å². The maximum Gasteiger partial charge on any atom is 0.260 e. The molecule has 2 N–H and O–H groups in total. The Balaban J connectivity index is 1.58. The number of carbonyl (C=O) groups excluding carboxylic acids is 1. The molecule has 0 spiro atoms. The van der Waals surface area contributed by atoms with Crippen molar-refractivity contribution < 1.29 is 14.6 Å². The predicted molar refractivity (Wildman–Crippen MR) is 135 cm³/mol. The summed E-state index contributed by atoms with van der Waals surface area (Å²) in [5.74, 6) is -0.0766. The molecule has 5 rings (SSSR count). The zero-order valence-corrected chi connectivity index (χ0v) is 19.4. The summed E-state index contributed by atoms with van der Waals surface area (Å²) in [6.45, 7) is 0. The lowest BCUT2D eigenvalue weighted by Gasteiger charge is -2.12. The zero-order chi connectivity index (χ0) is 25.8. The fourth-order valence-electron chi connectivity index (χ4n) is 3.69. The minimum atomic E-state index is -0.542. The molecule has 5 aromatic rings. The Bertz CT molecular complexity index is 1690. The van der Waals surface area contributed by atoms with Crippen molar-refractivity contribution in [3.63, 3.8) is 0 Å². The standard InChI is InChI=1S/C26H18N8O3/c1-37-19-8-4-7-18(13-19)31-25(36)22-20-9-3-2-6-16(20)12-21(23(22)35)32-33-24-17(14-27)15-30-34(24)26-28-10-5-11-29-26/h2-13,15,35H,1H3,(H,31,36). The number of rotatable bonds is 6. The highest BCUT2D eigenvalue weighted by Crippen LogP contribution is 2.38. The second-order valence-corrected chi connectivity index (χ2v) is 7.68. The molecule has 3 aromatic carbocycles. The van der Waals surface area contributed by atoms with Gasteiger partial charge in [0.05, 0.1) is 18.9 Å². The quantitative estimate of drug-likeness (QED) is 0.315. The molecule has 0 unspecified atom stereocenters. The normalized spacial score (nSPS) is 10.9. The molecule has 11 heteroatoms. The van der Waals surface area contributed by atoms with Gasteiger partial charge in [0.25, 0.3) is 11.9 Å². The molecule has 0 atom stereocenters. The Morgan fingerprint density at radius 1 is 1.08 bits per heavy atom. The summed E-state index contributed by atoms with van der Waals surface area (Å²) in [5.41, 5.74) is 0.674. The van der Waals surface area contributed by atoms with E-state index in [-0.39, 0.29) is 34.3 Å². The number of hydrogen-bond acceptors (Lipinski definition) is 9. The molecule has 0 aliphatic rings. The summed E-state index contributed by atoms with van der Waals surface area (Å²) in [4.78, 5) is 21.6. The van der Waals surface area contributed by atoms with Crippen molar-refractivity contribution in [3.8, 4) is 23.5 Å². The number of benzene rings is 3. The second kappa shape index (κ2) is 9.93. The number of fused-ring (bicyclic) bond motifs is 1. The van der Waals surface area contributed by atoms with Gasteiger partial charge in [0, 0.05) is 24.1 Å². The topological polar surface area (TPSA) is 151 Å². The number of nitriles is 1. The van der Waals surface area contributed by atoms with Crippen LogP contribution in [0.3, 0.4) is 0 Å². The summed E-state index contributed by atoms with van der Waals surface area (Å²) in [7, 11) is 1.53. The molecular formula is C26H18N8O3. The van der Waals surface area contributed by atoms with E-state index in [0.29, 0.717) is 22.2 Å². The van der Waals surface area contributed by atoms with E-state index >= 15 is 0 Å². The van der Waals surface area contributed by atoms with Crippen molar-refractivity contribution in [2.75, 3.05) is 12.4 Å². The summed E-state index contributed by atoms with van der Waals surface area (Å²) < 4.78 is 6.48. The van der Waals surface area contributed by atoms with E-state index in [2.05, 4.69) is 30.6 Å². The number of amides is 1. The Morgan fingerprint density at radius 3 is 2.68 bits per heavy atom. The van der Waals surface area contributed by atoms with Gasteiger partial charge >= 0.3 is 0 Å². The molecule has 0 fully saturated rings. The lowest BCUT2D eigenvalue weighted by Crippen LogP contribution is -2.12. The first-order chi connectivity index (χ1) is 18.1. The molecule has 0 bridgehead atoms. The van der Waals surface area contributed by atoms with Gasteiger partial charge in [-0.1, -0.05) is 30.3 Å². The van der Waals surface area contributed by atoms with Crippen molar-refractivity contribution in [1.29, 1.82) is 5.26 Å². The number of ether oxygens (including phenoxy) is 1. The van der Waals surface area contributed by atoms with Gasteiger partial charge in [0.2, 0.25) is 0 Å². The van der Waals surface area contributed by atoms with Crippen LogP contribution in [0.25, 0.3) is 16.7 Å². The number of anilines is 1. The van der Waals surface area contributed by atoms with Crippen molar-refractivity contribution >= 4 is 33.9 Å². The molecule has 0 radical (unpaired) electrons. The number of carbonyl (C=O) groups is 1. The fourth-order valence-corrected chi connectivity index (χ4v) is 3.69. The molecule has 0 saturated carbocycles. The summed E-state index contributed by atoms with van der Waals surface area (Å²) in [6, 6.07) is 19.2. The number of methoxy groups -OCH3 is 1. The number of nitrogens with one attached hydrogen (secondary N) is 1. The number of nitrogens with zero attached hydrogens (tertiary/aromatic N) is 7. The minimum absolute atomic E-state index is 0.0234. The van der Waals surface area contributed by atoms with Gasteiger partial charge < -0.3 is 15.2 Å². The molecule has 0 aliphatic heterocycles. The predicted octanol–water partition coefficient (Wildman–Crippen LogP) is 5.07. The average Bonchev–Trinajstić information content (AvgIpc) is 3.35. The van der Waals surface area contributed by atoms with Gasteiger partial charge in [-0.15, -0.1) is 10.2 Å². The van der Waals surface area contributed by atoms with Crippen molar-refractivity contribution in [2.24, 2.45) is 10.2 Å². The van der Waals surface area contributed by atoms with Gasteiger partial charge in [0.1, 0.15) is 23.1 Å². The average molecular weight is 490 g/mol. The van der Waals surface area contributed by atoms with E-state index in [0.717, 1.165) is 0 Å². The largest absolute Gasteiger partial charge is 0.505 e. The highest BCUT2D eigenvalue weighted by molar-refractivity contribution is 6.16. The molecule has 0 aliphatic carbocycles. The van der Waals surface area contributed by atoms with Gasteiger partial charge in [-0.05, 0) is 35.0 Å². The summed E-state index contributed by atoms with van der Waals surface area (Å²) >= 11 is 0. The van der Waals surface area contributed by atoms with E-state index in [9.17, 15) is 15.2 Å². The molecule has 0 saturated heterocycles. The Labute approximate surface area is 210 Å². The van der Waals surface area contributed by atoms with Crippen LogP contribution in [0, 0.1) is 11.3 Å². The van der Waals surface area contributed by atoms with Crippen LogP contribution in [-0.2, 0) is 0 Å². The molecule has 1 amide bonds. The number of azo groups is 1. The first-order valence-corrected chi connectivity index (χ1v) is 11.0. The van der Waals surface area contributed by atoms with E-state index in [1.165, 1.54) is 30.4 Å². The maximum atomic E-state index is 13.3. The Kier molecular flexibility index (Phi) is 6.21. The van der Waals surface area contributed by atoms with Crippen LogP contribution in [0.1, 0.15) is 15.9 Å². The van der Waals surface area contributed by atoms with Crippen molar-refractivity contribution in [2.45, 2.75) is 0 Å². The zero-order valence-electron chi connectivity index (χ0n) is 19.4. The Morgan fingerprint density at radius 2 is 1.89 bits per heavy atom. The maximum absolute atomic E-state index is 13.3. The van der Waals surface area contributed by atoms with Crippen molar-refractivity contribution in [1.82, 2.24) is 19.7 Å². The first-order valence-electron chi connectivity index (χ1n) is 11.0. The number of aromatic nitrogens is 4. The lowest BCUT2D eigenvalue weighted by atomic mass is 10.0. The Hall–Kier alpha value is -5.63.